The molecule has 1 aromatic heterocycles. The second-order valence-corrected chi connectivity index (χ2v) is 8.97. The van der Waals surface area contributed by atoms with Gasteiger partial charge < -0.3 is 29.7 Å². The number of nitrogens with zero attached hydrogens (tertiary/aromatic N) is 1. The van der Waals surface area contributed by atoms with E-state index in [1.54, 1.807) is 43.6 Å². The highest BCUT2D eigenvalue weighted by atomic mass is 35.5. The number of hydrogen-bond donors (Lipinski definition) is 4. The largest absolute Gasteiger partial charge is 0.394 e. The molecule has 0 radical (unpaired) electrons. The van der Waals surface area contributed by atoms with Gasteiger partial charge in [0, 0.05) is 23.8 Å². The summed E-state index contributed by atoms with van der Waals surface area (Å²) in [6, 6.07) is 16.2. The lowest BCUT2D eigenvalue weighted by Gasteiger charge is -2.40. The summed E-state index contributed by atoms with van der Waals surface area (Å²) in [5.41, 5.74) is 3.38. The maximum atomic E-state index is 12.1. The number of benzene rings is 2. The van der Waals surface area contributed by atoms with Crippen molar-refractivity contribution in [2.24, 2.45) is 7.05 Å². The van der Waals surface area contributed by atoms with Crippen LogP contribution in [0.4, 0.5) is 0 Å². The summed E-state index contributed by atoms with van der Waals surface area (Å²) in [6.07, 6.45) is -3.95. The molecule has 2 heterocycles. The van der Waals surface area contributed by atoms with Crippen LogP contribution in [0, 0.1) is 11.8 Å². The second-order valence-electron chi connectivity index (χ2n) is 8.56. The lowest BCUT2D eigenvalue weighted by molar-refractivity contribution is -0.231. The smallest absolute Gasteiger partial charge is 0.266 e. The summed E-state index contributed by atoms with van der Waals surface area (Å²) in [6.45, 7) is -0.490. The number of aromatic nitrogens is 1. The fourth-order valence-electron chi connectivity index (χ4n) is 4.04. The Balaban J connectivity index is 1.52. The Bertz CT molecular complexity index is 1310. The summed E-state index contributed by atoms with van der Waals surface area (Å²) < 4.78 is 7.15. The molecule has 4 rings (SSSR count). The first-order chi connectivity index (χ1) is 16.8. The van der Waals surface area contributed by atoms with Crippen molar-refractivity contribution in [2.75, 3.05) is 6.61 Å². The normalized spacial score (nSPS) is 24.0. The van der Waals surface area contributed by atoms with E-state index in [0.29, 0.717) is 22.6 Å². The van der Waals surface area contributed by atoms with E-state index in [9.17, 15) is 25.2 Å². The third-order valence-electron chi connectivity index (χ3n) is 6.10. The maximum Gasteiger partial charge on any atom is 0.266 e. The molecule has 0 saturated carbocycles. The van der Waals surface area contributed by atoms with Gasteiger partial charge in [0.25, 0.3) is 5.56 Å². The third-order valence-corrected chi connectivity index (χ3v) is 6.47. The number of aliphatic hydroxyl groups is 4. The van der Waals surface area contributed by atoms with Crippen molar-refractivity contribution in [3.8, 4) is 11.8 Å². The average Bonchev–Trinajstić information content (AvgIpc) is 2.86. The molecule has 7 nitrogen and oxygen atoms in total. The summed E-state index contributed by atoms with van der Waals surface area (Å²) in [4.78, 5) is 12.1. The minimum atomic E-state index is -1.45. The van der Waals surface area contributed by atoms with Crippen molar-refractivity contribution in [3.63, 3.8) is 0 Å². The Labute approximate surface area is 207 Å². The molecule has 1 aliphatic rings. The van der Waals surface area contributed by atoms with Crippen LogP contribution in [0.25, 0.3) is 0 Å². The van der Waals surface area contributed by atoms with E-state index in [-0.39, 0.29) is 5.56 Å². The first kappa shape index (κ1) is 25.1. The summed E-state index contributed by atoms with van der Waals surface area (Å²) in [7, 11) is 1.68. The topological polar surface area (TPSA) is 112 Å². The number of halogens is 1. The lowest BCUT2D eigenvalue weighted by atomic mass is 9.90. The Kier molecular flexibility index (Phi) is 7.72. The van der Waals surface area contributed by atoms with Gasteiger partial charge in [0.2, 0.25) is 0 Å². The van der Waals surface area contributed by atoms with E-state index in [4.69, 9.17) is 16.3 Å². The van der Waals surface area contributed by atoms with E-state index in [1.165, 1.54) is 4.57 Å². The van der Waals surface area contributed by atoms with Crippen molar-refractivity contribution >= 4 is 11.6 Å². The summed E-state index contributed by atoms with van der Waals surface area (Å²) in [5, 5.41) is 40.6. The highest BCUT2D eigenvalue weighted by Gasteiger charge is 2.44. The predicted molar refractivity (Wildman–Crippen MR) is 131 cm³/mol. The second kappa shape index (κ2) is 10.8. The molecule has 2 aromatic carbocycles. The monoisotopic (exact) mass is 495 g/mol. The van der Waals surface area contributed by atoms with E-state index in [0.717, 1.165) is 16.7 Å². The van der Waals surface area contributed by atoms with Crippen molar-refractivity contribution in [3.05, 3.63) is 104 Å². The number of ether oxygens (including phenoxy) is 1. The lowest BCUT2D eigenvalue weighted by Crippen LogP contribution is -2.55. The summed E-state index contributed by atoms with van der Waals surface area (Å²) >= 11 is 6.42. The third kappa shape index (κ3) is 5.49. The van der Waals surface area contributed by atoms with Crippen LogP contribution in [0.5, 0.6) is 0 Å². The zero-order valence-electron chi connectivity index (χ0n) is 19.0. The molecule has 35 heavy (non-hydrogen) atoms. The van der Waals surface area contributed by atoms with Gasteiger partial charge in [0.05, 0.1) is 12.2 Å². The van der Waals surface area contributed by atoms with E-state index >= 15 is 0 Å². The molecule has 182 valence electrons. The van der Waals surface area contributed by atoms with E-state index in [2.05, 4.69) is 11.8 Å². The van der Waals surface area contributed by atoms with Gasteiger partial charge in [-0.2, -0.15) is 0 Å². The molecule has 0 spiro atoms. The van der Waals surface area contributed by atoms with Crippen LogP contribution in [-0.4, -0.2) is 56.0 Å². The number of aliphatic hydroxyl groups excluding tert-OH is 4. The van der Waals surface area contributed by atoms with Crippen LogP contribution < -0.4 is 5.56 Å². The molecule has 1 aliphatic heterocycles. The molecule has 1 fully saturated rings. The van der Waals surface area contributed by atoms with Crippen LogP contribution in [0.3, 0.4) is 0 Å². The first-order valence-corrected chi connectivity index (χ1v) is 11.5. The van der Waals surface area contributed by atoms with Crippen molar-refractivity contribution in [1.29, 1.82) is 0 Å². The van der Waals surface area contributed by atoms with Gasteiger partial charge in [0.15, 0.2) is 0 Å². The fraction of sp³-hybridized carbons (Fsp3) is 0.296. The maximum absolute atomic E-state index is 12.1. The molecule has 0 bridgehead atoms. The van der Waals surface area contributed by atoms with Gasteiger partial charge in [-0.1, -0.05) is 47.7 Å². The molecule has 1 unspecified atom stereocenters. The minimum absolute atomic E-state index is 0.148. The molecule has 8 heteroatoms. The number of hydrogen-bond acceptors (Lipinski definition) is 6. The minimum Gasteiger partial charge on any atom is -0.394 e. The van der Waals surface area contributed by atoms with Crippen LogP contribution in [0.2, 0.25) is 5.02 Å². The fourth-order valence-corrected chi connectivity index (χ4v) is 4.23. The van der Waals surface area contributed by atoms with Gasteiger partial charge in [-0.05, 0) is 53.4 Å². The molecule has 0 aliphatic carbocycles. The van der Waals surface area contributed by atoms with Crippen molar-refractivity contribution in [2.45, 2.75) is 36.9 Å². The number of aryl methyl sites for hydroxylation is 1. The molecule has 5 atom stereocenters. The van der Waals surface area contributed by atoms with Crippen molar-refractivity contribution < 1.29 is 25.2 Å². The molecule has 0 amide bonds. The van der Waals surface area contributed by atoms with Crippen LogP contribution in [-0.2, 0) is 18.2 Å². The zero-order chi connectivity index (χ0) is 25.1. The Hall–Kier alpha value is -2.96. The quantitative estimate of drug-likeness (QED) is 0.409. The van der Waals surface area contributed by atoms with Crippen molar-refractivity contribution in [1.82, 2.24) is 4.57 Å². The Morgan fingerprint density at radius 1 is 1.00 bits per heavy atom. The zero-order valence-corrected chi connectivity index (χ0v) is 19.8. The van der Waals surface area contributed by atoms with Gasteiger partial charge in [-0.3, -0.25) is 4.79 Å². The SMILES string of the molecule is Cn1cccc(C#Cc2ccc(Cc3cc([C@@H]4O[C@H](CO)[C@@H](O)C(O)[C@H]4O)ccc3Cl)cc2)c1=O. The number of rotatable bonds is 4. The van der Waals surface area contributed by atoms with Crippen LogP contribution in [0.15, 0.2) is 65.6 Å². The highest BCUT2D eigenvalue weighted by molar-refractivity contribution is 6.31. The molecule has 1 saturated heterocycles. The van der Waals surface area contributed by atoms with Gasteiger partial charge in [-0.25, -0.2) is 0 Å². The summed E-state index contributed by atoms with van der Waals surface area (Å²) in [5.74, 6) is 5.92. The van der Waals surface area contributed by atoms with E-state index in [1.807, 2.05) is 24.3 Å². The molecule has 3 aromatic rings. The van der Waals surface area contributed by atoms with Gasteiger partial charge in [0.1, 0.15) is 30.5 Å². The van der Waals surface area contributed by atoms with E-state index < -0.39 is 37.1 Å². The average molecular weight is 496 g/mol. The molecule has 4 N–H and O–H groups in total. The highest BCUT2D eigenvalue weighted by Crippen LogP contribution is 2.34. The first-order valence-electron chi connectivity index (χ1n) is 11.1. The molecular weight excluding hydrogens is 470 g/mol. The number of pyridine rings is 1. The molecular formula is C27H26ClNO6. The van der Waals surface area contributed by atoms with Gasteiger partial charge >= 0.3 is 0 Å². The Morgan fingerprint density at radius 2 is 1.74 bits per heavy atom. The van der Waals surface area contributed by atoms with Crippen LogP contribution in [0.1, 0.15) is 33.9 Å². The predicted octanol–water partition coefficient (Wildman–Crippen LogP) is 1.54. The Morgan fingerprint density at radius 3 is 2.46 bits per heavy atom. The van der Waals surface area contributed by atoms with Gasteiger partial charge in [-0.15, -0.1) is 0 Å². The van der Waals surface area contributed by atoms with Crippen LogP contribution >= 0.6 is 11.6 Å². The standard InChI is InChI=1S/C27H26ClNO6/c1-29-12-2-3-18(27(29)34)9-8-16-4-6-17(7-5-16)13-20-14-19(10-11-21(20)28)26-25(33)24(32)23(31)22(15-30)35-26/h2-7,10-12,14,22-26,30-33H,13,15H2,1H3/t22-,23-,24?,25-,26+/m1/s1.